The topological polar surface area (TPSA) is 25.8 Å². The summed E-state index contributed by atoms with van der Waals surface area (Å²) in [5.41, 5.74) is 2.19. The van der Waals surface area contributed by atoms with Crippen LogP contribution in [0.4, 0.5) is 0 Å². The van der Waals surface area contributed by atoms with Gasteiger partial charge in [-0.25, -0.2) is 0 Å². The van der Waals surface area contributed by atoms with Gasteiger partial charge >= 0.3 is 98.4 Å². The van der Waals surface area contributed by atoms with Crippen molar-refractivity contribution in [2.45, 2.75) is 0 Å². The van der Waals surface area contributed by atoms with Crippen LogP contribution in [0.2, 0.25) is 0 Å². The van der Waals surface area contributed by atoms with Crippen LogP contribution < -0.4 is 0 Å². The Labute approximate surface area is 97.3 Å². The van der Waals surface area contributed by atoms with Crippen molar-refractivity contribution in [2.24, 2.45) is 0 Å². The van der Waals surface area contributed by atoms with Gasteiger partial charge in [-0.3, -0.25) is 0 Å². The molecule has 0 aliphatic carbocycles. The quantitative estimate of drug-likeness (QED) is 0.467. The number of hydrogen-bond donors (Lipinski definition) is 0. The predicted molar refractivity (Wildman–Crippen MR) is 61.9 cm³/mol. The maximum atomic E-state index is 4.34. The Morgan fingerprint density at radius 3 is 1.91 bits per heavy atom. The van der Waals surface area contributed by atoms with Crippen LogP contribution in [0.3, 0.4) is 0 Å². The van der Waals surface area contributed by atoms with Crippen molar-refractivity contribution in [3.63, 3.8) is 0 Å². The monoisotopic (exact) mass is 436 g/mol. The van der Waals surface area contributed by atoms with E-state index < -0.39 is 0 Å². The summed E-state index contributed by atoms with van der Waals surface area (Å²) >= 11 is 4.69. The van der Waals surface area contributed by atoms with Crippen LogP contribution in [0.15, 0.2) is 12.1 Å². The van der Waals surface area contributed by atoms with E-state index in [9.17, 15) is 0 Å². The summed E-state index contributed by atoms with van der Waals surface area (Å²) in [7, 11) is 0. The fourth-order valence-electron chi connectivity index (χ4n) is 0.806. The number of benzene rings is 1. The fourth-order valence-corrected chi connectivity index (χ4v) is 3.86. The van der Waals surface area contributed by atoms with Crippen molar-refractivity contribution >= 4 is 71.2 Å². The molecule has 0 bridgehead atoms. The SMILES string of the molecule is Ic1ccc(I)c2n[se]nc12. The Morgan fingerprint density at radius 2 is 1.45 bits per heavy atom. The summed E-state index contributed by atoms with van der Waals surface area (Å²) in [5.74, 6) is 0. The summed E-state index contributed by atoms with van der Waals surface area (Å²) in [6.45, 7) is 0. The van der Waals surface area contributed by atoms with Crippen LogP contribution in [0.5, 0.6) is 0 Å². The normalized spacial score (nSPS) is 10.7. The first-order chi connectivity index (χ1) is 5.29. The average molecular weight is 435 g/mol. The predicted octanol–water partition coefficient (Wildman–Crippen LogP) is 1.90. The molecule has 0 unspecified atom stereocenters. The van der Waals surface area contributed by atoms with Gasteiger partial charge in [-0.2, -0.15) is 0 Å². The summed E-state index contributed by atoms with van der Waals surface area (Å²) in [4.78, 5) is 0. The molecule has 1 heterocycles. The third-order valence-electron chi connectivity index (χ3n) is 1.32. The molecule has 2 nitrogen and oxygen atoms in total. The van der Waals surface area contributed by atoms with E-state index in [1.54, 1.807) is 0 Å². The van der Waals surface area contributed by atoms with Gasteiger partial charge in [-0.15, -0.1) is 0 Å². The van der Waals surface area contributed by atoms with E-state index in [0.29, 0.717) is 0 Å². The van der Waals surface area contributed by atoms with Gasteiger partial charge in [0.15, 0.2) is 0 Å². The second kappa shape index (κ2) is 3.27. The fraction of sp³-hybridized carbons (Fsp3) is 0. The van der Waals surface area contributed by atoms with Gasteiger partial charge in [0.2, 0.25) is 0 Å². The number of rotatable bonds is 0. The number of aromatic nitrogens is 2. The van der Waals surface area contributed by atoms with Crippen LogP contribution in [0.25, 0.3) is 11.0 Å². The van der Waals surface area contributed by atoms with Crippen molar-refractivity contribution in [1.29, 1.82) is 0 Å². The van der Waals surface area contributed by atoms with E-state index in [-0.39, 0.29) is 15.0 Å². The van der Waals surface area contributed by atoms with E-state index in [1.165, 1.54) is 7.14 Å². The van der Waals surface area contributed by atoms with Crippen molar-refractivity contribution in [3.05, 3.63) is 19.3 Å². The molecule has 0 amide bonds. The Morgan fingerprint density at radius 1 is 1.00 bits per heavy atom. The summed E-state index contributed by atoms with van der Waals surface area (Å²) in [6, 6.07) is 4.17. The second-order valence-corrected chi connectivity index (χ2v) is 5.42. The average Bonchev–Trinajstić information content (AvgIpc) is 2.45. The Balaban J connectivity index is 2.96. The van der Waals surface area contributed by atoms with Crippen molar-refractivity contribution in [1.82, 2.24) is 7.96 Å². The van der Waals surface area contributed by atoms with Crippen LogP contribution in [-0.2, 0) is 0 Å². The number of hydrogen-bond acceptors (Lipinski definition) is 2. The number of fused-ring (bicyclic) bond motifs is 1. The third kappa shape index (κ3) is 1.48. The molecule has 0 saturated heterocycles. The minimum atomic E-state index is 0.101. The molecule has 0 N–H and O–H groups in total. The molecule has 0 aliphatic heterocycles. The first kappa shape index (κ1) is 8.40. The summed E-state index contributed by atoms with van der Waals surface area (Å²) in [6.07, 6.45) is 0. The van der Waals surface area contributed by atoms with Crippen LogP contribution in [0.1, 0.15) is 0 Å². The number of nitrogens with zero attached hydrogens (tertiary/aromatic N) is 2. The number of halogens is 2. The van der Waals surface area contributed by atoms with Gasteiger partial charge in [-0.1, -0.05) is 0 Å². The van der Waals surface area contributed by atoms with Crippen LogP contribution >= 0.6 is 45.2 Å². The molecule has 0 aliphatic rings. The van der Waals surface area contributed by atoms with Crippen LogP contribution in [-0.4, -0.2) is 22.9 Å². The molecule has 0 fully saturated rings. The molecule has 0 spiro atoms. The molecule has 0 atom stereocenters. The van der Waals surface area contributed by atoms with Gasteiger partial charge in [0, 0.05) is 0 Å². The molecule has 5 heteroatoms. The standard InChI is InChI=1S/C6H2I2N2Se/c7-3-1-2-4(8)6-5(3)9-11-10-6/h1-2H. The molecule has 11 heavy (non-hydrogen) atoms. The Bertz CT molecular complexity index is 362. The molecule has 1 aromatic carbocycles. The summed E-state index contributed by atoms with van der Waals surface area (Å²) in [5, 5.41) is 0. The zero-order chi connectivity index (χ0) is 7.84. The van der Waals surface area contributed by atoms with Gasteiger partial charge < -0.3 is 0 Å². The van der Waals surface area contributed by atoms with Crippen LogP contribution in [0, 0.1) is 7.14 Å². The minimum absolute atomic E-state index is 0.101. The first-order valence-electron chi connectivity index (χ1n) is 2.85. The zero-order valence-corrected chi connectivity index (χ0v) is 11.2. The third-order valence-corrected chi connectivity index (χ3v) is 4.17. The molecular formula is C6H2I2N2Se. The molecule has 2 rings (SSSR count). The van der Waals surface area contributed by atoms with Gasteiger partial charge in [0.1, 0.15) is 0 Å². The van der Waals surface area contributed by atoms with E-state index >= 15 is 0 Å². The second-order valence-electron chi connectivity index (χ2n) is 1.99. The first-order valence-corrected chi connectivity index (χ1v) is 6.54. The molecular weight excluding hydrogens is 433 g/mol. The molecule has 0 saturated carbocycles. The van der Waals surface area contributed by atoms with E-state index in [4.69, 9.17) is 0 Å². The zero-order valence-electron chi connectivity index (χ0n) is 5.21. The van der Waals surface area contributed by atoms with Gasteiger partial charge in [0.05, 0.1) is 0 Å². The molecule has 2 aromatic rings. The van der Waals surface area contributed by atoms with Gasteiger partial charge in [0.25, 0.3) is 0 Å². The molecule has 56 valence electrons. The Kier molecular flexibility index (Phi) is 2.50. The van der Waals surface area contributed by atoms with E-state index in [1.807, 2.05) is 0 Å². The molecule has 0 radical (unpaired) electrons. The van der Waals surface area contributed by atoms with Crippen molar-refractivity contribution in [2.75, 3.05) is 0 Å². The Hall–Kier alpha value is 0.799. The van der Waals surface area contributed by atoms with Gasteiger partial charge in [-0.05, 0) is 0 Å². The summed E-state index contributed by atoms with van der Waals surface area (Å²) < 4.78 is 11.1. The van der Waals surface area contributed by atoms with E-state index in [0.717, 1.165) is 11.0 Å². The maximum absolute atomic E-state index is 4.34. The molecule has 1 aromatic heterocycles. The van der Waals surface area contributed by atoms with Crippen molar-refractivity contribution in [3.8, 4) is 0 Å². The van der Waals surface area contributed by atoms with E-state index in [2.05, 4.69) is 65.3 Å². The van der Waals surface area contributed by atoms with Crippen molar-refractivity contribution < 1.29 is 0 Å².